The first-order valence-corrected chi connectivity index (χ1v) is 5.73. The van der Waals surface area contributed by atoms with Crippen molar-refractivity contribution < 1.29 is 14.3 Å². The fourth-order valence-corrected chi connectivity index (χ4v) is 1.02. The normalized spacial score (nSPS) is 10.8. The van der Waals surface area contributed by atoms with Gasteiger partial charge >= 0.3 is 6.09 Å². The Hall–Kier alpha value is -1.30. The molecule has 0 saturated heterocycles. The fourth-order valence-electron chi connectivity index (χ4n) is 1.02. The lowest BCUT2D eigenvalue weighted by Gasteiger charge is -2.19. The largest absolute Gasteiger partial charge is 0.444 e. The van der Waals surface area contributed by atoms with Crippen LogP contribution in [0.2, 0.25) is 0 Å². The average Bonchev–Trinajstić information content (AvgIpc) is 2.20. The van der Waals surface area contributed by atoms with Crippen LogP contribution < -0.4 is 16.0 Å². The van der Waals surface area contributed by atoms with Crippen LogP contribution in [0, 0.1) is 0 Å². The molecular formula is C11H23N3O3. The molecule has 0 saturated carbocycles. The summed E-state index contributed by atoms with van der Waals surface area (Å²) >= 11 is 0. The van der Waals surface area contributed by atoms with Crippen LogP contribution in [-0.2, 0) is 9.53 Å². The molecule has 0 rings (SSSR count). The highest BCUT2D eigenvalue weighted by atomic mass is 16.6. The number of hydrogen-bond donors (Lipinski definition) is 3. The lowest BCUT2D eigenvalue weighted by Crippen LogP contribution is -2.37. The summed E-state index contributed by atoms with van der Waals surface area (Å²) in [6.07, 6.45) is 0.00810. The smallest absolute Gasteiger partial charge is 0.407 e. The fraction of sp³-hybridized carbons (Fsp3) is 0.818. The molecule has 0 atom stereocenters. The van der Waals surface area contributed by atoms with Gasteiger partial charge in [0.2, 0.25) is 5.91 Å². The summed E-state index contributed by atoms with van der Waals surface area (Å²) in [7, 11) is 1.60. The molecule has 0 aliphatic heterocycles. The molecule has 2 amide bonds. The number of rotatable bonds is 6. The first-order chi connectivity index (χ1) is 7.85. The molecule has 0 aromatic rings. The molecule has 0 fully saturated rings. The number of nitrogens with one attached hydrogen (secondary N) is 3. The first kappa shape index (κ1) is 15.7. The Labute approximate surface area is 102 Å². The van der Waals surface area contributed by atoms with E-state index in [9.17, 15) is 9.59 Å². The maximum absolute atomic E-state index is 11.2. The number of ether oxygens (including phenoxy) is 1. The van der Waals surface area contributed by atoms with Gasteiger partial charge in [-0.15, -0.1) is 0 Å². The molecule has 0 aliphatic rings. The summed E-state index contributed by atoms with van der Waals surface area (Å²) in [6, 6.07) is 0. The van der Waals surface area contributed by atoms with Gasteiger partial charge in [-0.3, -0.25) is 4.79 Å². The van der Waals surface area contributed by atoms with Crippen LogP contribution in [0.15, 0.2) is 0 Å². The van der Waals surface area contributed by atoms with Gasteiger partial charge in [-0.25, -0.2) is 4.79 Å². The van der Waals surface area contributed by atoms with Crippen LogP contribution in [0.1, 0.15) is 27.2 Å². The molecule has 3 N–H and O–H groups in total. The van der Waals surface area contributed by atoms with E-state index in [1.54, 1.807) is 7.05 Å². The molecule has 0 aliphatic carbocycles. The van der Waals surface area contributed by atoms with Crippen LogP contribution in [0.5, 0.6) is 0 Å². The zero-order valence-electron chi connectivity index (χ0n) is 11.1. The Balaban J connectivity index is 3.40. The van der Waals surface area contributed by atoms with Crippen molar-refractivity contribution in [1.82, 2.24) is 16.0 Å². The van der Waals surface area contributed by atoms with Gasteiger partial charge in [0.1, 0.15) is 5.60 Å². The van der Waals surface area contributed by atoms with Gasteiger partial charge < -0.3 is 20.7 Å². The second-order valence-electron chi connectivity index (χ2n) is 4.60. The van der Waals surface area contributed by atoms with E-state index in [0.717, 1.165) is 0 Å². The zero-order valence-corrected chi connectivity index (χ0v) is 11.1. The molecule has 100 valence electrons. The van der Waals surface area contributed by atoms with Crippen molar-refractivity contribution in [2.24, 2.45) is 0 Å². The van der Waals surface area contributed by atoms with Crippen molar-refractivity contribution in [1.29, 1.82) is 0 Å². The van der Waals surface area contributed by atoms with Gasteiger partial charge in [0, 0.05) is 33.1 Å². The predicted octanol–water partition coefficient (Wildman–Crippen LogP) is 0.237. The lowest BCUT2D eigenvalue weighted by molar-refractivity contribution is -0.120. The second kappa shape index (κ2) is 7.89. The van der Waals surface area contributed by atoms with Gasteiger partial charge in [-0.05, 0) is 20.8 Å². The van der Waals surface area contributed by atoms with E-state index < -0.39 is 11.7 Å². The van der Waals surface area contributed by atoms with Gasteiger partial charge in [0.05, 0.1) is 0 Å². The van der Waals surface area contributed by atoms with Crippen molar-refractivity contribution in [2.75, 3.05) is 26.7 Å². The number of hydrogen-bond acceptors (Lipinski definition) is 4. The minimum Gasteiger partial charge on any atom is -0.444 e. The number of alkyl carbamates (subject to hydrolysis) is 1. The van der Waals surface area contributed by atoms with Crippen LogP contribution in [0.4, 0.5) is 4.79 Å². The highest BCUT2D eigenvalue weighted by molar-refractivity contribution is 5.75. The summed E-state index contributed by atoms with van der Waals surface area (Å²) in [6.45, 7) is 7.12. The van der Waals surface area contributed by atoms with E-state index in [-0.39, 0.29) is 5.91 Å². The highest BCUT2D eigenvalue weighted by Gasteiger charge is 2.15. The number of carbonyl (C=O) groups is 2. The number of carbonyl (C=O) groups excluding carboxylic acids is 2. The van der Waals surface area contributed by atoms with Gasteiger partial charge in [0.25, 0.3) is 0 Å². The molecule has 0 heterocycles. The van der Waals surface area contributed by atoms with Gasteiger partial charge in [-0.2, -0.15) is 0 Å². The molecule has 0 bridgehead atoms. The summed E-state index contributed by atoms with van der Waals surface area (Å²) < 4.78 is 5.06. The van der Waals surface area contributed by atoms with E-state index >= 15 is 0 Å². The molecule has 0 aromatic heterocycles. The van der Waals surface area contributed by atoms with E-state index in [1.165, 1.54) is 0 Å². The number of amides is 2. The topological polar surface area (TPSA) is 79.5 Å². The summed E-state index contributed by atoms with van der Waals surface area (Å²) in [4.78, 5) is 22.1. The summed E-state index contributed by atoms with van der Waals surface area (Å²) in [5, 5.41) is 8.19. The molecule has 6 nitrogen and oxygen atoms in total. The van der Waals surface area contributed by atoms with Gasteiger partial charge in [0.15, 0.2) is 0 Å². The van der Waals surface area contributed by atoms with Crippen LogP contribution in [0.25, 0.3) is 0 Å². The van der Waals surface area contributed by atoms with Crippen molar-refractivity contribution in [3.63, 3.8) is 0 Å². The van der Waals surface area contributed by atoms with Crippen molar-refractivity contribution >= 4 is 12.0 Å². The van der Waals surface area contributed by atoms with Crippen LogP contribution in [-0.4, -0.2) is 44.3 Å². The Morgan fingerprint density at radius 1 is 1.12 bits per heavy atom. The molecular weight excluding hydrogens is 222 g/mol. The Kier molecular flexibility index (Phi) is 7.29. The summed E-state index contributed by atoms with van der Waals surface area (Å²) in [5.74, 6) is -0.00222. The van der Waals surface area contributed by atoms with E-state index in [2.05, 4.69) is 16.0 Å². The predicted molar refractivity (Wildman–Crippen MR) is 65.8 cm³/mol. The van der Waals surface area contributed by atoms with Crippen LogP contribution >= 0.6 is 0 Å². The van der Waals surface area contributed by atoms with E-state index in [4.69, 9.17) is 4.74 Å². The monoisotopic (exact) mass is 245 g/mol. The third kappa shape index (κ3) is 11.0. The van der Waals surface area contributed by atoms with Crippen LogP contribution in [0.3, 0.4) is 0 Å². The minimum absolute atomic E-state index is 0.00222. The molecule has 0 spiro atoms. The molecule has 0 radical (unpaired) electrons. The zero-order chi connectivity index (χ0) is 13.3. The standard InChI is InChI=1S/C11H23N3O3/c1-11(2,3)17-10(16)14-8-7-13-6-5-9(15)12-4/h13H,5-8H2,1-4H3,(H,12,15)(H,14,16). The Morgan fingerprint density at radius 3 is 2.29 bits per heavy atom. The molecule has 0 aromatic carbocycles. The SMILES string of the molecule is CNC(=O)CCNCCNC(=O)OC(C)(C)C. The molecule has 17 heavy (non-hydrogen) atoms. The summed E-state index contributed by atoms with van der Waals surface area (Å²) in [5.41, 5.74) is -0.475. The molecule has 0 unspecified atom stereocenters. The van der Waals surface area contributed by atoms with Crippen molar-refractivity contribution in [2.45, 2.75) is 32.8 Å². The third-order valence-electron chi connectivity index (χ3n) is 1.78. The maximum atomic E-state index is 11.2. The Morgan fingerprint density at radius 2 is 1.76 bits per heavy atom. The maximum Gasteiger partial charge on any atom is 0.407 e. The Bertz CT molecular complexity index is 249. The quantitative estimate of drug-likeness (QED) is 0.586. The van der Waals surface area contributed by atoms with Crippen molar-refractivity contribution in [3.05, 3.63) is 0 Å². The second-order valence-corrected chi connectivity index (χ2v) is 4.60. The average molecular weight is 245 g/mol. The van der Waals surface area contributed by atoms with Gasteiger partial charge in [-0.1, -0.05) is 0 Å². The minimum atomic E-state index is -0.475. The first-order valence-electron chi connectivity index (χ1n) is 5.73. The van der Waals surface area contributed by atoms with E-state index in [0.29, 0.717) is 26.1 Å². The lowest BCUT2D eigenvalue weighted by atomic mass is 10.2. The third-order valence-corrected chi connectivity index (χ3v) is 1.78. The highest BCUT2D eigenvalue weighted by Crippen LogP contribution is 2.05. The van der Waals surface area contributed by atoms with Crippen molar-refractivity contribution in [3.8, 4) is 0 Å². The molecule has 6 heteroatoms. The van der Waals surface area contributed by atoms with E-state index in [1.807, 2.05) is 20.8 Å².